The molecule has 0 aliphatic carbocycles. The first-order valence-electron chi connectivity index (χ1n) is 9.55. The maximum Gasteiger partial charge on any atom is 0.255 e. The molecule has 1 N–H and O–H groups in total. The topological polar surface area (TPSA) is 69.7 Å². The van der Waals surface area contributed by atoms with Gasteiger partial charge in [-0.1, -0.05) is 12.1 Å². The van der Waals surface area contributed by atoms with Crippen molar-refractivity contribution in [2.24, 2.45) is 0 Å². The Labute approximate surface area is 177 Å². The first-order chi connectivity index (χ1) is 13.8. The van der Waals surface area contributed by atoms with Gasteiger partial charge in [-0.2, -0.15) is 0 Å². The summed E-state index contributed by atoms with van der Waals surface area (Å²) in [5.74, 6) is -0.0943. The molecule has 2 aromatic rings. The van der Waals surface area contributed by atoms with Crippen molar-refractivity contribution in [2.75, 3.05) is 38.3 Å². The summed E-state index contributed by atoms with van der Waals surface area (Å²) in [7, 11) is 0.181. The summed E-state index contributed by atoms with van der Waals surface area (Å²) in [5.41, 5.74) is 2.38. The maximum atomic E-state index is 12.9. The van der Waals surface area contributed by atoms with E-state index in [4.69, 9.17) is 0 Å². The zero-order chi connectivity index (χ0) is 21.0. The SMILES string of the molecule is CSc1ccc(S(=O)(=O)NCc2ccc(N(C)C)cc2)cc1C(=O)N1CCCC1. The number of rotatable bonds is 7. The van der Waals surface area contributed by atoms with E-state index in [1.807, 2.05) is 49.5 Å². The van der Waals surface area contributed by atoms with Crippen LogP contribution in [0.15, 0.2) is 52.3 Å². The first kappa shape index (κ1) is 21.7. The van der Waals surface area contributed by atoms with Gasteiger partial charge < -0.3 is 9.80 Å². The van der Waals surface area contributed by atoms with Crippen LogP contribution in [-0.2, 0) is 16.6 Å². The summed E-state index contributed by atoms with van der Waals surface area (Å²) in [6.07, 6.45) is 3.87. The second kappa shape index (κ2) is 9.19. The number of thioether (sulfide) groups is 1. The van der Waals surface area contributed by atoms with Gasteiger partial charge in [-0.15, -0.1) is 11.8 Å². The van der Waals surface area contributed by atoms with Gasteiger partial charge in [0.15, 0.2) is 0 Å². The van der Waals surface area contributed by atoms with Crippen LogP contribution in [-0.4, -0.2) is 52.7 Å². The van der Waals surface area contributed by atoms with Gasteiger partial charge in [0.2, 0.25) is 10.0 Å². The summed E-state index contributed by atoms with van der Waals surface area (Å²) >= 11 is 1.45. The second-order valence-corrected chi connectivity index (χ2v) is 9.86. The highest BCUT2D eigenvalue weighted by Gasteiger charge is 2.24. The number of benzene rings is 2. The molecule has 8 heteroatoms. The molecule has 1 fully saturated rings. The number of nitrogens with one attached hydrogen (secondary N) is 1. The third-order valence-corrected chi connectivity index (χ3v) is 7.22. The lowest BCUT2D eigenvalue weighted by atomic mass is 10.2. The highest BCUT2D eigenvalue weighted by Crippen LogP contribution is 2.26. The van der Waals surface area contributed by atoms with Crippen LogP contribution in [0.3, 0.4) is 0 Å². The lowest BCUT2D eigenvalue weighted by Crippen LogP contribution is -2.29. The van der Waals surface area contributed by atoms with E-state index >= 15 is 0 Å². The number of sulfonamides is 1. The summed E-state index contributed by atoms with van der Waals surface area (Å²) in [5, 5.41) is 0. The molecule has 1 amide bonds. The fourth-order valence-corrected chi connectivity index (χ4v) is 4.90. The highest BCUT2D eigenvalue weighted by molar-refractivity contribution is 7.98. The van der Waals surface area contributed by atoms with Crippen LogP contribution in [0.25, 0.3) is 0 Å². The molecular formula is C21H27N3O3S2. The molecular weight excluding hydrogens is 406 g/mol. The Balaban J connectivity index is 1.79. The number of nitrogens with zero attached hydrogens (tertiary/aromatic N) is 2. The molecule has 3 rings (SSSR count). The summed E-state index contributed by atoms with van der Waals surface area (Å²) in [4.78, 5) is 17.6. The Morgan fingerprint density at radius 1 is 1.10 bits per heavy atom. The molecule has 0 atom stereocenters. The van der Waals surface area contributed by atoms with Gasteiger partial charge in [-0.25, -0.2) is 13.1 Å². The van der Waals surface area contributed by atoms with Crippen LogP contribution in [0.5, 0.6) is 0 Å². The Morgan fingerprint density at radius 2 is 1.76 bits per heavy atom. The molecule has 1 heterocycles. The Kier molecular flexibility index (Phi) is 6.87. The second-order valence-electron chi connectivity index (χ2n) is 7.25. The van der Waals surface area contributed by atoms with E-state index in [1.54, 1.807) is 17.0 Å². The summed E-state index contributed by atoms with van der Waals surface area (Å²) in [6.45, 7) is 1.64. The fourth-order valence-electron chi connectivity index (χ4n) is 3.29. The standard InChI is InChI=1S/C21H27N3O3S2/c1-23(2)17-8-6-16(7-9-17)15-22-29(26,27)18-10-11-20(28-3)19(14-18)21(25)24-12-4-5-13-24/h6-11,14,22H,4-5,12-13,15H2,1-3H3. The Morgan fingerprint density at radius 3 is 2.34 bits per heavy atom. The van der Waals surface area contributed by atoms with Crippen molar-refractivity contribution in [3.63, 3.8) is 0 Å². The molecule has 0 spiro atoms. The molecule has 2 aromatic carbocycles. The number of carbonyl (C=O) groups is 1. The normalized spacial score (nSPS) is 14.2. The van der Waals surface area contributed by atoms with Crippen molar-refractivity contribution in [3.8, 4) is 0 Å². The molecule has 29 heavy (non-hydrogen) atoms. The molecule has 0 radical (unpaired) electrons. The molecule has 6 nitrogen and oxygen atoms in total. The van der Waals surface area contributed by atoms with Crippen molar-refractivity contribution in [3.05, 3.63) is 53.6 Å². The van der Waals surface area contributed by atoms with Gasteiger partial charge in [-0.3, -0.25) is 4.79 Å². The molecule has 0 unspecified atom stereocenters. The average Bonchev–Trinajstić information content (AvgIpc) is 3.26. The van der Waals surface area contributed by atoms with Crippen molar-refractivity contribution >= 4 is 33.4 Å². The fraction of sp³-hybridized carbons (Fsp3) is 0.381. The maximum absolute atomic E-state index is 12.9. The van der Waals surface area contributed by atoms with E-state index in [2.05, 4.69) is 4.72 Å². The minimum atomic E-state index is -3.73. The Bertz CT molecular complexity index is 967. The molecule has 1 aliphatic rings. The zero-order valence-corrected chi connectivity index (χ0v) is 18.6. The van der Waals surface area contributed by atoms with Crippen LogP contribution in [0, 0.1) is 0 Å². The summed E-state index contributed by atoms with van der Waals surface area (Å²) < 4.78 is 28.3. The van der Waals surface area contributed by atoms with E-state index in [1.165, 1.54) is 17.8 Å². The van der Waals surface area contributed by atoms with Crippen LogP contribution >= 0.6 is 11.8 Å². The first-order valence-corrected chi connectivity index (χ1v) is 12.3. The molecule has 0 bridgehead atoms. The number of amides is 1. The minimum Gasteiger partial charge on any atom is -0.378 e. The van der Waals surface area contributed by atoms with Crippen LogP contribution in [0.4, 0.5) is 5.69 Å². The highest BCUT2D eigenvalue weighted by atomic mass is 32.2. The van der Waals surface area contributed by atoms with Gasteiger partial charge in [0.05, 0.1) is 10.5 Å². The predicted octanol–water partition coefficient (Wildman–Crippen LogP) is 3.19. The number of anilines is 1. The van der Waals surface area contributed by atoms with Crippen molar-refractivity contribution in [1.82, 2.24) is 9.62 Å². The van der Waals surface area contributed by atoms with E-state index in [0.717, 1.165) is 42.1 Å². The van der Waals surface area contributed by atoms with Crippen molar-refractivity contribution < 1.29 is 13.2 Å². The van der Waals surface area contributed by atoms with Crippen LogP contribution < -0.4 is 9.62 Å². The van der Waals surface area contributed by atoms with E-state index in [9.17, 15) is 13.2 Å². The van der Waals surface area contributed by atoms with Gasteiger partial charge in [0.25, 0.3) is 5.91 Å². The number of likely N-dealkylation sites (tertiary alicyclic amines) is 1. The molecule has 0 aromatic heterocycles. The third kappa shape index (κ3) is 5.12. The van der Waals surface area contributed by atoms with E-state index < -0.39 is 10.0 Å². The van der Waals surface area contributed by atoms with E-state index in [0.29, 0.717) is 5.56 Å². The Hall–Kier alpha value is -2.03. The zero-order valence-electron chi connectivity index (χ0n) is 17.0. The van der Waals surface area contributed by atoms with Gasteiger partial charge in [0.1, 0.15) is 0 Å². The number of hydrogen-bond donors (Lipinski definition) is 1. The lowest BCUT2D eigenvalue weighted by Gasteiger charge is -2.18. The lowest BCUT2D eigenvalue weighted by molar-refractivity contribution is 0.0789. The average molecular weight is 434 g/mol. The largest absolute Gasteiger partial charge is 0.378 e. The predicted molar refractivity (Wildman–Crippen MR) is 118 cm³/mol. The van der Waals surface area contributed by atoms with Crippen LogP contribution in [0.2, 0.25) is 0 Å². The van der Waals surface area contributed by atoms with Gasteiger partial charge >= 0.3 is 0 Å². The van der Waals surface area contributed by atoms with Gasteiger partial charge in [-0.05, 0) is 55.0 Å². The summed E-state index contributed by atoms with van der Waals surface area (Å²) in [6, 6.07) is 12.5. The van der Waals surface area contributed by atoms with Crippen LogP contribution in [0.1, 0.15) is 28.8 Å². The molecule has 156 valence electrons. The van der Waals surface area contributed by atoms with Crippen molar-refractivity contribution in [1.29, 1.82) is 0 Å². The van der Waals surface area contributed by atoms with E-state index in [-0.39, 0.29) is 17.3 Å². The third-order valence-electron chi connectivity index (χ3n) is 5.02. The number of carbonyl (C=O) groups excluding carboxylic acids is 1. The van der Waals surface area contributed by atoms with Gasteiger partial charge in [0, 0.05) is 44.3 Å². The quantitative estimate of drug-likeness (QED) is 0.679. The number of hydrogen-bond acceptors (Lipinski definition) is 5. The van der Waals surface area contributed by atoms with Crippen molar-refractivity contribution in [2.45, 2.75) is 29.2 Å². The molecule has 0 saturated carbocycles. The molecule has 1 aliphatic heterocycles. The minimum absolute atomic E-state index is 0.0943. The smallest absolute Gasteiger partial charge is 0.255 e. The molecule has 1 saturated heterocycles. The monoisotopic (exact) mass is 433 g/mol.